The number of carbonyl (C=O) groups is 1. The van der Waals surface area contributed by atoms with Gasteiger partial charge in [-0.25, -0.2) is 0 Å². The summed E-state index contributed by atoms with van der Waals surface area (Å²) in [5.74, 6) is -0.777. The minimum Gasteiger partial charge on any atom is -0.344 e. The smallest absolute Gasteiger partial charge is 0.344 e. The summed E-state index contributed by atoms with van der Waals surface area (Å²) in [5, 5.41) is 2.52. The Hall–Kier alpha value is -2.37. The largest absolute Gasteiger partial charge is 0.417 e. The van der Waals surface area contributed by atoms with Gasteiger partial charge < -0.3 is 5.32 Å². The third-order valence-electron chi connectivity index (χ3n) is 2.96. The highest BCUT2D eigenvalue weighted by molar-refractivity contribution is 5.96. The van der Waals surface area contributed by atoms with Crippen LogP contribution in [-0.4, -0.2) is 10.9 Å². The molecule has 2 rings (SSSR count). The Morgan fingerprint density at radius 1 is 1.14 bits per heavy atom. The average Bonchev–Trinajstić information content (AvgIpc) is 2.47. The molecule has 0 saturated carbocycles. The zero-order valence-corrected chi connectivity index (χ0v) is 11.2. The highest BCUT2D eigenvalue weighted by Gasteiger charge is 2.35. The number of carbonyl (C=O) groups excluding carboxylic acids is 1. The molecular formula is C15H13F3N2O. The van der Waals surface area contributed by atoms with E-state index in [0.29, 0.717) is 5.69 Å². The summed E-state index contributed by atoms with van der Waals surface area (Å²) in [6.45, 7) is 1.66. The third kappa shape index (κ3) is 3.59. The van der Waals surface area contributed by atoms with Crippen LogP contribution in [-0.2, 0) is 6.18 Å². The van der Waals surface area contributed by atoms with Crippen LogP contribution in [0.25, 0.3) is 0 Å². The van der Waals surface area contributed by atoms with E-state index in [1.807, 2.05) is 0 Å². The molecule has 110 valence electrons. The van der Waals surface area contributed by atoms with Crippen LogP contribution in [0.5, 0.6) is 0 Å². The fourth-order valence-corrected chi connectivity index (χ4v) is 1.91. The van der Waals surface area contributed by atoms with Gasteiger partial charge in [0.2, 0.25) is 0 Å². The third-order valence-corrected chi connectivity index (χ3v) is 2.96. The predicted octanol–water partition coefficient (Wildman–Crippen LogP) is 3.59. The van der Waals surface area contributed by atoms with Gasteiger partial charge in [0, 0.05) is 6.20 Å². The van der Waals surface area contributed by atoms with Gasteiger partial charge in [-0.3, -0.25) is 9.78 Å². The SMILES string of the molecule is CC(NC(=O)c1ccccc1C(F)(F)F)c1ccccn1. The lowest BCUT2D eigenvalue weighted by atomic mass is 10.1. The molecule has 0 aliphatic rings. The molecule has 0 bridgehead atoms. The molecule has 21 heavy (non-hydrogen) atoms. The first-order valence-corrected chi connectivity index (χ1v) is 6.27. The van der Waals surface area contributed by atoms with Crippen molar-refractivity contribution in [2.24, 2.45) is 0 Å². The zero-order valence-electron chi connectivity index (χ0n) is 11.2. The molecule has 0 spiro atoms. The van der Waals surface area contributed by atoms with Crippen molar-refractivity contribution >= 4 is 5.91 Å². The molecule has 1 aromatic heterocycles. The van der Waals surface area contributed by atoms with E-state index in [0.717, 1.165) is 12.1 Å². The molecule has 0 aliphatic carbocycles. The number of halogens is 3. The summed E-state index contributed by atoms with van der Waals surface area (Å²) < 4.78 is 38.6. The maximum atomic E-state index is 12.9. The average molecular weight is 294 g/mol. The molecule has 1 amide bonds. The maximum Gasteiger partial charge on any atom is 0.417 e. The maximum absolute atomic E-state index is 12.9. The van der Waals surface area contributed by atoms with Crippen molar-refractivity contribution in [1.82, 2.24) is 10.3 Å². The van der Waals surface area contributed by atoms with Crippen molar-refractivity contribution in [2.75, 3.05) is 0 Å². The minimum absolute atomic E-state index is 0.396. The monoisotopic (exact) mass is 294 g/mol. The fraction of sp³-hybridized carbons (Fsp3) is 0.200. The Bertz CT molecular complexity index is 626. The molecule has 0 aliphatic heterocycles. The first-order chi connectivity index (χ1) is 9.89. The number of aromatic nitrogens is 1. The summed E-state index contributed by atoms with van der Waals surface area (Å²) in [5.41, 5.74) is -0.765. The van der Waals surface area contributed by atoms with Gasteiger partial charge >= 0.3 is 6.18 Å². The van der Waals surface area contributed by atoms with Gasteiger partial charge in [0.15, 0.2) is 0 Å². The van der Waals surface area contributed by atoms with Crippen molar-refractivity contribution in [3.8, 4) is 0 Å². The van der Waals surface area contributed by atoms with E-state index in [9.17, 15) is 18.0 Å². The number of nitrogens with zero attached hydrogens (tertiary/aromatic N) is 1. The summed E-state index contributed by atoms with van der Waals surface area (Å²) in [7, 11) is 0. The number of amides is 1. The van der Waals surface area contributed by atoms with E-state index < -0.39 is 29.3 Å². The number of benzene rings is 1. The van der Waals surface area contributed by atoms with E-state index in [1.54, 1.807) is 31.3 Å². The van der Waals surface area contributed by atoms with Gasteiger partial charge in [-0.1, -0.05) is 18.2 Å². The van der Waals surface area contributed by atoms with Crippen molar-refractivity contribution in [3.05, 3.63) is 65.5 Å². The molecule has 6 heteroatoms. The molecule has 1 N–H and O–H groups in total. The quantitative estimate of drug-likeness (QED) is 0.940. The van der Waals surface area contributed by atoms with E-state index in [1.165, 1.54) is 12.1 Å². The topological polar surface area (TPSA) is 42.0 Å². The Balaban J connectivity index is 2.22. The Kier molecular flexibility index (Phi) is 4.26. The van der Waals surface area contributed by atoms with Gasteiger partial charge in [0.25, 0.3) is 5.91 Å². The number of hydrogen-bond donors (Lipinski definition) is 1. The van der Waals surface area contributed by atoms with Crippen LogP contribution in [0.15, 0.2) is 48.7 Å². The zero-order chi connectivity index (χ0) is 15.5. The van der Waals surface area contributed by atoms with Crippen LogP contribution < -0.4 is 5.32 Å². The van der Waals surface area contributed by atoms with Crippen molar-refractivity contribution in [3.63, 3.8) is 0 Å². The number of hydrogen-bond acceptors (Lipinski definition) is 2. The van der Waals surface area contributed by atoms with Crippen molar-refractivity contribution in [1.29, 1.82) is 0 Å². The second-order valence-corrected chi connectivity index (χ2v) is 4.49. The lowest BCUT2D eigenvalue weighted by Crippen LogP contribution is -2.29. The van der Waals surface area contributed by atoms with Crippen LogP contribution in [0.3, 0.4) is 0 Å². The normalized spacial score (nSPS) is 12.8. The lowest BCUT2D eigenvalue weighted by molar-refractivity contribution is -0.137. The first kappa shape index (κ1) is 15.0. The summed E-state index contributed by atoms with van der Waals surface area (Å²) >= 11 is 0. The molecule has 0 radical (unpaired) electrons. The molecule has 2 aromatic rings. The lowest BCUT2D eigenvalue weighted by Gasteiger charge is -2.16. The number of rotatable bonds is 3. The fourth-order valence-electron chi connectivity index (χ4n) is 1.91. The van der Waals surface area contributed by atoms with E-state index in [4.69, 9.17) is 0 Å². The standard InChI is InChI=1S/C15H13F3N2O/c1-10(13-8-4-5-9-19-13)20-14(21)11-6-2-3-7-12(11)15(16,17)18/h2-10H,1H3,(H,20,21). The molecule has 1 aromatic carbocycles. The molecule has 3 nitrogen and oxygen atoms in total. The molecule has 1 atom stereocenters. The first-order valence-electron chi connectivity index (χ1n) is 6.27. The second kappa shape index (κ2) is 5.95. The van der Waals surface area contributed by atoms with E-state index in [-0.39, 0.29) is 0 Å². The van der Waals surface area contributed by atoms with Crippen LogP contribution in [0, 0.1) is 0 Å². The molecule has 0 fully saturated rings. The highest BCUT2D eigenvalue weighted by atomic mass is 19.4. The second-order valence-electron chi connectivity index (χ2n) is 4.49. The molecular weight excluding hydrogens is 281 g/mol. The minimum atomic E-state index is -4.57. The predicted molar refractivity (Wildman–Crippen MR) is 71.6 cm³/mol. The van der Waals surface area contributed by atoms with Gasteiger partial charge in [-0.05, 0) is 31.2 Å². The van der Waals surface area contributed by atoms with Crippen molar-refractivity contribution in [2.45, 2.75) is 19.1 Å². The summed E-state index contributed by atoms with van der Waals surface area (Å²) in [6, 6.07) is 9.37. The Morgan fingerprint density at radius 3 is 2.43 bits per heavy atom. The summed E-state index contributed by atoms with van der Waals surface area (Å²) in [6.07, 6.45) is -3.01. The van der Waals surface area contributed by atoms with E-state index >= 15 is 0 Å². The van der Waals surface area contributed by atoms with Crippen LogP contribution >= 0.6 is 0 Å². The summed E-state index contributed by atoms with van der Waals surface area (Å²) in [4.78, 5) is 16.1. The number of nitrogens with one attached hydrogen (secondary N) is 1. The van der Waals surface area contributed by atoms with E-state index in [2.05, 4.69) is 10.3 Å². The van der Waals surface area contributed by atoms with Gasteiger partial charge in [0.1, 0.15) is 0 Å². The molecule has 1 unspecified atom stereocenters. The Morgan fingerprint density at radius 2 is 1.81 bits per heavy atom. The van der Waals surface area contributed by atoms with Gasteiger partial charge in [0.05, 0.1) is 22.9 Å². The number of pyridine rings is 1. The van der Waals surface area contributed by atoms with Gasteiger partial charge in [-0.15, -0.1) is 0 Å². The highest BCUT2D eigenvalue weighted by Crippen LogP contribution is 2.31. The van der Waals surface area contributed by atoms with Crippen LogP contribution in [0.1, 0.15) is 34.6 Å². The van der Waals surface area contributed by atoms with Crippen LogP contribution in [0.4, 0.5) is 13.2 Å². The van der Waals surface area contributed by atoms with Crippen molar-refractivity contribution < 1.29 is 18.0 Å². The Labute approximate surface area is 119 Å². The molecule has 1 heterocycles. The van der Waals surface area contributed by atoms with Crippen LogP contribution in [0.2, 0.25) is 0 Å². The molecule has 0 saturated heterocycles. The number of alkyl halides is 3. The van der Waals surface area contributed by atoms with Gasteiger partial charge in [-0.2, -0.15) is 13.2 Å².